The molecule has 7 heteroatoms. The van der Waals surface area contributed by atoms with Gasteiger partial charge in [-0.3, -0.25) is 9.69 Å². The van der Waals surface area contributed by atoms with Crippen LogP contribution in [0, 0.1) is 6.92 Å². The fraction of sp³-hybridized carbons (Fsp3) is 0.105. The summed E-state index contributed by atoms with van der Waals surface area (Å²) in [5, 5.41) is 10.5. The van der Waals surface area contributed by atoms with Crippen molar-refractivity contribution in [1.82, 2.24) is 0 Å². The van der Waals surface area contributed by atoms with E-state index in [1.807, 2.05) is 31.2 Å². The summed E-state index contributed by atoms with van der Waals surface area (Å²) in [6.07, 6.45) is 1.71. The molecule has 2 aromatic rings. The molecule has 0 unspecified atom stereocenters. The second-order valence-corrected chi connectivity index (χ2v) is 7.27. The van der Waals surface area contributed by atoms with Gasteiger partial charge in [-0.25, -0.2) is 0 Å². The fourth-order valence-corrected chi connectivity index (χ4v) is 3.74. The predicted molar refractivity (Wildman–Crippen MR) is 104 cm³/mol. The average molecular weight is 384 g/mol. The van der Waals surface area contributed by atoms with E-state index in [-0.39, 0.29) is 5.91 Å². The lowest BCUT2D eigenvalue weighted by Crippen LogP contribution is -2.28. The normalized spacial score (nSPS) is 15.6. The number of aliphatic carboxylic acids is 1. The van der Waals surface area contributed by atoms with Crippen molar-refractivity contribution in [2.24, 2.45) is 0 Å². The molecule has 1 heterocycles. The van der Waals surface area contributed by atoms with Gasteiger partial charge in [0.25, 0.3) is 5.91 Å². The lowest BCUT2D eigenvalue weighted by Gasteiger charge is -2.14. The quantitative estimate of drug-likeness (QED) is 0.583. The van der Waals surface area contributed by atoms with E-state index in [0.717, 1.165) is 11.3 Å². The average Bonchev–Trinajstić information content (AvgIpc) is 2.87. The Morgan fingerprint density at radius 1 is 1.27 bits per heavy atom. The summed E-state index contributed by atoms with van der Waals surface area (Å²) in [5.41, 5.74) is 2.49. The van der Waals surface area contributed by atoms with Crippen LogP contribution in [0.15, 0.2) is 53.4 Å². The number of carboxylic acid groups (broad SMARTS) is 1. The van der Waals surface area contributed by atoms with Crippen LogP contribution in [0.1, 0.15) is 11.1 Å². The molecule has 0 aliphatic carbocycles. The number of carboxylic acids is 1. The number of anilines is 1. The van der Waals surface area contributed by atoms with E-state index in [0.29, 0.717) is 20.5 Å². The summed E-state index contributed by atoms with van der Waals surface area (Å²) >= 11 is 6.59. The lowest BCUT2D eigenvalue weighted by molar-refractivity contribution is -0.307. The van der Waals surface area contributed by atoms with Crippen LogP contribution in [-0.2, 0) is 9.59 Å². The second kappa shape index (κ2) is 7.72. The summed E-state index contributed by atoms with van der Waals surface area (Å²) in [7, 11) is 0. The molecule has 132 valence electrons. The fourth-order valence-electron chi connectivity index (χ4n) is 2.45. The molecule has 5 nitrogen and oxygen atoms in total. The van der Waals surface area contributed by atoms with Gasteiger partial charge in [0, 0.05) is 0 Å². The van der Waals surface area contributed by atoms with Crippen molar-refractivity contribution < 1.29 is 19.4 Å². The van der Waals surface area contributed by atoms with Crippen molar-refractivity contribution in [3.8, 4) is 5.75 Å². The third-order valence-electron chi connectivity index (χ3n) is 3.57. The van der Waals surface area contributed by atoms with Gasteiger partial charge in [0.2, 0.25) is 0 Å². The molecule has 1 saturated heterocycles. The number of hydrogen-bond acceptors (Lipinski definition) is 6. The highest BCUT2D eigenvalue weighted by Gasteiger charge is 2.33. The van der Waals surface area contributed by atoms with E-state index < -0.39 is 12.6 Å². The van der Waals surface area contributed by atoms with Gasteiger partial charge in [0.15, 0.2) is 4.32 Å². The van der Waals surface area contributed by atoms with Gasteiger partial charge in [-0.15, -0.1) is 0 Å². The van der Waals surface area contributed by atoms with Crippen LogP contribution < -0.4 is 14.7 Å². The molecule has 1 aliphatic rings. The predicted octanol–water partition coefficient (Wildman–Crippen LogP) is 2.53. The van der Waals surface area contributed by atoms with E-state index >= 15 is 0 Å². The minimum atomic E-state index is -1.30. The van der Waals surface area contributed by atoms with Gasteiger partial charge in [0.1, 0.15) is 12.4 Å². The van der Waals surface area contributed by atoms with E-state index in [4.69, 9.17) is 17.0 Å². The Bertz CT molecular complexity index is 923. The van der Waals surface area contributed by atoms with Crippen molar-refractivity contribution in [2.75, 3.05) is 11.5 Å². The highest BCUT2D eigenvalue weighted by atomic mass is 32.2. The molecule has 1 aliphatic heterocycles. The molecule has 3 rings (SSSR count). The van der Waals surface area contributed by atoms with Crippen LogP contribution in [0.3, 0.4) is 0 Å². The van der Waals surface area contributed by atoms with Crippen LogP contribution in [0.25, 0.3) is 6.08 Å². The van der Waals surface area contributed by atoms with Gasteiger partial charge in [0.05, 0.1) is 16.6 Å². The zero-order valence-electron chi connectivity index (χ0n) is 13.8. The summed E-state index contributed by atoms with van der Waals surface area (Å²) < 4.78 is 5.57. The Balaban J connectivity index is 1.84. The maximum absolute atomic E-state index is 12.8. The monoisotopic (exact) mass is 384 g/mol. The first-order valence-electron chi connectivity index (χ1n) is 7.71. The zero-order chi connectivity index (χ0) is 18.7. The molecule has 26 heavy (non-hydrogen) atoms. The molecule has 0 saturated carbocycles. The Hall–Kier alpha value is -2.64. The van der Waals surface area contributed by atoms with Crippen LogP contribution >= 0.6 is 24.0 Å². The van der Waals surface area contributed by atoms with Crippen LogP contribution in [0.4, 0.5) is 5.69 Å². The summed E-state index contributed by atoms with van der Waals surface area (Å²) in [6.45, 7) is 1.42. The van der Waals surface area contributed by atoms with Crippen molar-refractivity contribution in [2.45, 2.75) is 6.92 Å². The van der Waals surface area contributed by atoms with Crippen molar-refractivity contribution in [3.63, 3.8) is 0 Å². The number of benzene rings is 2. The Labute approximate surface area is 160 Å². The van der Waals surface area contributed by atoms with Crippen molar-refractivity contribution in [1.29, 1.82) is 0 Å². The molecular weight excluding hydrogens is 370 g/mol. The first kappa shape index (κ1) is 18.2. The molecule has 1 amide bonds. The number of carbonyl (C=O) groups is 2. The minimum Gasteiger partial charge on any atom is -0.546 e. The minimum absolute atomic E-state index is 0.188. The molecular formula is C19H14NO4S2-. The first-order valence-corrected chi connectivity index (χ1v) is 8.94. The number of rotatable bonds is 5. The number of hydrogen-bond donors (Lipinski definition) is 0. The number of amides is 1. The van der Waals surface area contributed by atoms with Crippen LogP contribution in [-0.4, -0.2) is 22.8 Å². The number of aryl methyl sites for hydroxylation is 1. The highest BCUT2D eigenvalue weighted by molar-refractivity contribution is 8.27. The van der Waals surface area contributed by atoms with Crippen molar-refractivity contribution in [3.05, 3.63) is 64.6 Å². The number of thiocarbonyl (C=S) groups is 1. The Morgan fingerprint density at radius 3 is 2.77 bits per heavy atom. The highest BCUT2D eigenvalue weighted by Crippen LogP contribution is 2.36. The number of carbonyl (C=O) groups excluding carboxylic acids is 2. The van der Waals surface area contributed by atoms with E-state index in [1.165, 1.54) is 16.7 Å². The summed E-state index contributed by atoms with van der Waals surface area (Å²) in [4.78, 5) is 25.3. The smallest absolute Gasteiger partial charge is 0.270 e. The van der Waals surface area contributed by atoms with Crippen LogP contribution in [0.2, 0.25) is 0 Å². The van der Waals surface area contributed by atoms with Gasteiger partial charge < -0.3 is 14.6 Å². The summed E-state index contributed by atoms with van der Waals surface area (Å²) in [6, 6.07) is 14.4. The molecule has 1 fully saturated rings. The number of ether oxygens (including phenoxy) is 1. The van der Waals surface area contributed by atoms with E-state index in [1.54, 1.807) is 30.3 Å². The lowest BCUT2D eigenvalue weighted by atomic mass is 10.2. The Kier molecular flexibility index (Phi) is 5.39. The molecule has 0 atom stereocenters. The molecule has 0 radical (unpaired) electrons. The van der Waals surface area contributed by atoms with Crippen LogP contribution in [0.5, 0.6) is 5.75 Å². The number of nitrogens with zero attached hydrogens (tertiary/aromatic N) is 1. The molecule has 0 bridgehead atoms. The summed E-state index contributed by atoms with van der Waals surface area (Å²) in [5.74, 6) is -1.10. The third-order valence-corrected chi connectivity index (χ3v) is 4.87. The molecule has 0 N–H and O–H groups in total. The molecule has 2 aromatic carbocycles. The molecule has 0 spiro atoms. The van der Waals surface area contributed by atoms with Gasteiger partial charge in [-0.1, -0.05) is 48.2 Å². The van der Waals surface area contributed by atoms with Gasteiger partial charge in [-0.05, 0) is 48.4 Å². The largest absolute Gasteiger partial charge is 0.546 e. The first-order chi connectivity index (χ1) is 12.4. The maximum Gasteiger partial charge on any atom is 0.270 e. The standard InChI is InChI=1S/C19H15NO4S2/c1-12-4-2-6-14(8-12)20-18(23)16(26-19(20)25)10-13-5-3-7-15(9-13)24-11-17(21)22/h2-10H,11H2,1H3,(H,21,22)/p-1/b16-10+. The second-order valence-electron chi connectivity index (χ2n) is 5.59. The van der Waals surface area contributed by atoms with Crippen molar-refractivity contribution >= 4 is 51.9 Å². The number of thioether (sulfide) groups is 1. The topological polar surface area (TPSA) is 69.7 Å². The van der Waals surface area contributed by atoms with E-state index in [9.17, 15) is 14.7 Å². The Morgan fingerprint density at radius 2 is 2.04 bits per heavy atom. The molecule has 0 aromatic heterocycles. The third kappa shape index (κ3) is 4.12. The maximum atomic E-state index is 12.8. The van der Waals surface area contributed by atoms with Gasteiger partial charge >= 0.3 is 0 Å². The zero-order valence-corrected chi connectivity index (χ0v) is 15.4. The van der Waals surface area contributed by atoms with E-state index in [2.05, 4.69) is 0 Å². The van der Waals surface area contributed by atoms with Gasteiger partial charge in [-0.2, -0.15) is 0 Å². The SMILES string of the molecule is Cc1cccc(N2C(=O)/C(=C\c3cccc(OCC(=O)[O-])c3)SC2=S)c1.